The predicted octanol–water partition coefficient (Wildman–Crippen LogP) is 1.86. The Morgan fingerprint density at radius 3 is 2.58 bits per heavy atom. The van der Waals surface area contributed by atoms with Crippen LogP contribution in [-0.4, -0.2) is 35.7 Å². The molecular weight excluding hydrogens is 264 g/mol. The number of amides is 1. The number of carbonyl (C=O) groups is 2. The van der Waals surface area contributed by atoms with Crippen molar-refractivity contribution in [3.63, 3.8) is 0 Å². The molecule has 2 N–H and O–H groups in total. The molecule has 102 valence electrons. The van der Waals surface area contributed by atoms with E-state index >= 15 is 0 Å². The number of nitrogens with zero attached hydrogens (tertiary/aromatic N) is 1. The van der Waals surface area contributed by atoms with Gasteiger partial charge in [-0.05, 0) is 43.7 Å². The first-order valence-corrected chi connectivity index (χ1v) is 6.78. The summed E-state index contributed by atoms with van der Waals surface area (Å²) in [5.41, 5.74) is 5.99. The smallest absolute Gasteiger partial charge is 0.234 e. The summed E-state index contributed by atoms with van der Waals surface area (Å²) in [4.78, 5) is 25.4. The van der Waals surface area contributed by atoms with Crippen LogP contribution in [0.15, 0.2) is 24.3 Å². The highest BCUT2D eigenvalue weighted by molar-refractivity contribution is 6.30. The van der Waals surface area contributed by atoms with Crippen LogP contribution in [-0.2, 0) is 4.79 Å². The summed E-state index contributed by atoms with van der Waals surface area (Å²) >= 11 is 5.79. The van der Waals surface area contributed by atoms with Gasteiger partial charge in [-0.15, -0.1) is 0 Å². The fraction of sp³-hybridized carbons (Fsp3) is 0.429. The van der Waals surface area contributed by atoms with Gasteiger partial charge in [-0.1, -0.05) is 18.0 Å². The molecule has 1 atom stereocenters. The number of hydrogen-bond acceptors (Lipinski definition) is 3. The standard InChI is InChI=1S/C14H17ClN2O2/c15-11-6-4-10(5-7-11)13(18)9-17-8-2-1-3-12(17)14(16)19/h4-7,12H,1-3,8-9H2,(H2,16,19). The van der Waals surface area contributed by atoms with E-state index in [2.05, 4.69) is 0 Å². The minimum atomic E-state index is -0.344. The maximum atomic E-state index is 12.2. The van der Waals surface area contributed by atoms with Crippen LogP contribution in [0.4, 0.5) is 0 Å². The van der Waals surface area contributed by atoms with Crippen molar-refractivity contribution in [3.8, 4) is 0 Å². The number of Topliss-reactive ketones (excluding diaryl/α,β-unsaturated/α-hetero) is 1. The molecule has 1 fully saturated rings. The number of primary amides is 1. The summed E-state index contributed by atoms with van der Waals surface area (Å²) in [6.45, 7) is 0.974. The molecule has 1 amide bonds. The van der Waals surface area contributed by atoms with Crippen LogP contribution in [0.3, 0.4) is 0 Å². The molecule has 5 heteroatoms. The number of nitrogens with two attached hydrogens (primary N) is 1. The van der Waals surface area contributed by atoms with Crippen molar-refractivity contribution in [3.05, 3.63) is 34.9 Å². The first-order valence-electron chi connectivity index (χ1n) is 6.40. The van der Waals surface area contributed by atoms with E-state index in [0.29, 0.717) is 10.6 Å². The van der Waals surface area contributed by atoms with Crippen LogP contribution >= 0.6 is 11.6 Å². The highest BCUT2D eigenvalue weighted by Crippen LogP contribution is 2.18. The van der Waals surface area contributed by atoms with Gasteiger partial charge < -0.3 is 5.73 Å². The molecule has 2 rings (SSSR count). The first-order chi connectivity index (χ1) is 9.08. The monoisotopic (exact) mass is 280 g/mol. The second-order valence-electron chi connectivity index (χ2n) is 4.81. The van der Waals surface area contributed by atoms with Crippen LogP contribution in [0, 0.1) is 0 Å². The molecule has 1 unspecified atom stereocenters. The Hall–Kier alpha value is -1.39. The Kier molecular flexibility index (Phi) is 4.56. The van der Waals surface area contributed by atoms with Gasteiger partial charge in [0.25, 0.3) is 0 Å². The number of halogens is 1. The predicted molar refractivity (Wildman–Crippen MR) is 74.2 cm³/mol. The molecule has 0 bridgehead atoms. The second kappa shape index (κ2) is 6.17. The van der Waals surface area contributed by atoms with Crippen molar-refractivity contribution in [1.82, 2.24) is 4.90 Å². The number of likely N-dealkylation sites (tertiary alicyclic amines) is 1. The molecule has 0 aliphatic carbocycles. The van der Waals surface area contributed by atoms with E-state index in [1.165, 1.54) is 0 Å². The van der Waals surface area contributed by atoms with E-state index in [9.17, 15) is 9.59 Å². The average molecular weight is 281 g/mol. The SMILES string of the molecule is NC(=O)C1CCCCN1CC(=O)c1ccc(Cl)cc1. The second-order valence-corrected chi connectivity index (χ2v) is 5.25. The van der Waals surface area contributed by atoms with Gasteiger partial charge in [0, 0.05) is 10.6 Å². The number of ketones is 1. The maximum Gasteiger partial charge on any atom is 0.234 e. The number of piperidine rings is 1. The van der Waals surface area contributed by atoms with Gasteiger partial charge in [-0.2, -0.15) is 0 Å². The van der Waals surface area contributed by atoms with Crippen molar-refractivity contribution < 1.29 is 9.59 Å². The zero-order valence-corrected chi connectivity index (χ0v) is 11.4. The molecule has 1 heterocycles. The Bertz CT molecular complexity index is 473. The zero-order valence-electron chi connectivity index (χ0n) is 10.6. The molecule has 0 aromatic heterocycles. The Morgan fingerprint density at radius 2 is 1.95 bits per heavy atom. The maximum absolute atomic E-state index is 12.2. The molecule has 0 radical (unpaired) electrons. The van der Waals surface area contributed by atoms with Gasteiger partial charge in [0.2, 0.25) is 5.91 Å². The molecule has 19 heavy (non-hydrogen) atoms. The lowest BCUT2D eigenvalue weighted by Gasteiger charge is -2.32. The third-order valence-corrected chi connectivity index (χ3v) is 3.71. The van der Waals surface area contributed by atoms with Crippen molar-refractivity contribution in [1.29, 1.82) is 0 Å². The molecule has 1 aliphatic rings. The molecule has 0 saturated carbocycles. The normalized spacial score (nSPS) is 20.2. The Labute approximate surface area is 117 Å². The van der Waals surface area contributed by atoms with E-state index in [-0.39, 0.29) is 24.3 Å². The lowest BCUT2D eigenvalue weighted by atomic mass is 10.0. The van der Waals surface area contributed by atoms with Crippen LogP contribution < -0.4 is 5.73 Å². The first kappa shape index (κ1) is 14.0. The summed E-state index contributed by atoms with van der Waals surface area (Å²) < 4.78 is 0. The molecule has 0 spiro atoms. The molecular formula is C14H17ClN2O2. The Balaban J connectivity index is 2.04. The van der Waals surface area contributed by atoms with Crippen molar-refractivity contribution in [2.45, 2.75) is 25.3 Å². The number of hydrogen-bond donors (Lipinski definition) is 1. The lowest BCUT2D eigenvalue weighted by molar-refractivity contribution is -0.124. The van der Waals surface area contributed by atoms with E-state index in [1.54, 1.807) is 24.3 Å². The summed E-state index contributed by atoms with van der Waals surface area (Å²) in [6, 6.07) is 6.47. The van der Waals surface area contributed by atoms with Crippen LogP contribution in [0.25, 0.3) is 0 Å². The molecule has 1 aromatic carbocycles. The topological polar surface area (TPSA) is 63.4 Å². The fourth-order valence-corrected chi connectivity index (χ4v) is 2.54. The third-order valence-electron chi connectivity index (χ3n) is 3.45. The highest BCUT2D eigenvalue weighted by Gasteiger charge is 2.28. The highest BCUT2D eigenvalue weighted by atomic mass is 35.5. The van der Waals surface area contributed by atoms with Crippen molar-refractivity contribution >= 4 is 23.3 Å². The van der Waals surface area contributed by atoms with Crippen LogP contribution in [0.1, 0.15) is 29.6 Å². The molecule has 4 nitrogen and oxygen atoms in total. The molecule has 1 aliphatic heterocycles. The molecule has 1 aromatic rings. The summed E-state index contributed by atoms with van der Waals surface area (Å²) in [5.74, 6) is -0.353. The van der Waals surface area contributed by atoms with Crippen molar-refractivity contribution in [2.75, 3.05) is 13.1 Å². The lowest BCUT2D eigenvalue weighted by Crippen LogP contribution is -2.49. The summed E-state index contributed by atoms with van der Waals surface area (Å²) in [7, 11) is 0. The largest absolute Gasteiger partial charge is 0.368 e. The van der Waals surface area contributed by atoms with Crippen molar-refractivity contribution in [2.24, 2.45) is 5.73 Å². The van der Waals surface area contributed by atoms with Crippen LogP contribution in [0.2, 0.25) is 5.02 Å². The number of benzene rings is 1. The van der Waals surface area contributed by atoms with E-state index in [1.807, 2.05) is 4.90 Å². The number of carbonyl (C=O) groups excluding carboxylic acids is 2. The quantitative estimate of drug-likeness (QED) is 0.856. The van der Waals surface area contributed by atoms with E-state index in [4.69, 9.17) is 17.3 Å². The zero-order chi connectivity index (χ0) is 13.8. The van der Waals surface area contributed by atoms with Crippen LogP contribution in [0.5, 0.6) is 0 Å². The van der Waals surface area contributed by atoms with Gasteiger partial charge in [0.1, 0.15) is 0 Å². The summed E-state index contributed by atoms with van der Waals surface area (Å²) in [6.07, 6.45) is 2.72. The fourth-order valence-electron chi connectivity index (χ4n) is 2.41. The summed E-state index contributed by atoms with van der Waals surface area (Å²) in [5, 5.41) is 0.601. The minimum absolute atomic E-state index is 0.00943. The van der Waals surface area contributed by atoms with Gasteiger partial charge in [-0.3, -0.25) is 14.5 Å². The van der Waals surface area contributed by atoms with Gasteiger partial charge in [-0.25, -0.2) is 0 Å². The minimum Gasteiger partial charge on any atom is -0.368 e. The van der Waals surface area contributed by atoms with Gasteiger partial charge >= 0.3 is 0 Å². The number of rotatable bonds is 4. The van der Waals surface area contributed by atoms with E-state index in [0.717, 1.165) is 25.8 Å². The van der Waals surface area contributed by atoms with E-state index < -0.39 is 0 Å². The Morgan fingerprint density at radius 1 is 1.26 bits per heavy atom. The van der Waals surface area contributed by atoms with Gasteiger partial charge in [0.05, 0.1) is 12.6 Å². The average Bonchev–Trinajstić information content (AvgIpc) is 2.39. The molecule has 1 saturated heterocycles. The van der Waals surface area contributed by atoms with Gasteiger partial charge in [0.15, 0.2) is 5.78 Å². The third kappa shape index (κ3) is 3.55.